The SMILES string of the molecule is CCc1nc2ccc(C)cn2c1C(=O)N(CCc1ccccn1)Cc1ccccc1. The zero-order valence-corrected chi connectivity index (χ0v) is 17.5. The molecule has 4 rings (SSSR count). The number of fused-ring (bicyclic) bond motifs is 1. The van der Waals surface area contributed by atoms with Gasteiger partial charge in [-0.25, -0.2) is 4.98 Å². The molecule has 0 aliphatic rings. The molecule has 5 nitrogen and oxygen atoms in total. The van der Waals surface area contributed by atoms with Gasteiger partial charge < -0.3 is 4.90 Å². The number of aryl methyl sites for hydroxylation is 2. The molecule has 30 heavy (non-hydrogen) atoms. The molecule has 3 aromatic heterocycles. The number of amides is 1. The van der Waals surface area contributed by atoms with Gasteiger partial charge in [-0.2, -0.15) is 0 Å². The van der Waals surface area contributed by atoms with E-state index in [0.717, 1.165) is 28.2 Å². The molecule has 0 fully saturated rings. The van der Waals surface area contributed by atoms with E-state index in [0.29, 0.717) is 31.6 Å². The Kier molecular flexibility index (Phi) is 5.89. The van der Waals surface area contributed by atoms with Gasteiger partial charge in [-0.15, -0.1) is 0 Å². The van der Waals surface area contributed by atoms with Crippen molar-refractivity contribution >= 4 is 11.6 Å². The first-order valence-electron chi connectivity index (χ1n) is 10.4. The minimum absolute atomic E-state index is 0.00438. The molecule has 5 heteroatoms. The van der Waals surface area contributed by atoms with Gasteiger partial charge in [0.15, 0.2) is 0 Å². The van der Waals surface area contributed by atoms with E-state index in [1.165, 1.54) is 0 Å². The zero-order valence-electron chi connectivity index (χ0n) is 17.5. The molecule has 0 radical (unpaired) electrons. The van der Waals surface area contributed by atoms with Crippen LogP contribution in [0.5, 0.6) is 0 Å². The highest BCUT2D eigenvalue weighted by Crippen LogP contribution is 2.19. The van der Waals surface area contributed by atoms with Gasteiger partial charge >= 0.3 is 0 Å². The van der Waals surface area contributed by atoms with Gasteiger partial charge in [-0.05, 0) is 42.7 Å². The quantitative estimate of drug-likeness (QED) is 0.461. The average molecular weight is 399 g/mol. The Labute approximate surface area is 177 Å². The van der Waals surface area contributed by atoms with Crippen LogP contribution in [-0.2, 0) is 19.4 Å². The number of aromatic nitrogens is 3. The van der Waals surface area contributed by atoms with Crippen molar-refractivity contribution in [2.75, 3.05) is 6.54 Å². The number of hydrogen-bond acceptors (Lipinski definition) is 3. The third-order valence-electron chi connectivity index (χ3n) is 5.24. The number of carbonyl (C=O) groups is 1. The molecule has 1 amide bonds. The van der Waals surface area contributed by atoms with Crippen LogP contribution in [0.4, 0.5) is 0 Å². The number of rotatable bonds is 7. The standard InChI is InChI=1S/C25H26N4O/c1-3-22-24(29-17-19(2)12-13-23(29)27-22)25(30)28(18-20-9-5-4-6-10-20)16-14-21-11-7-8-15-26-21/h4-13,15,17H,3,14,16,18H2,1-2H3. The largest absolute Gasteiger partial charge is 0.333 e. The first-order chi connectivity index (χ1) is 14.7. The zero-order chi connectivity index (χ0) is 20.9. The molecule has 152 valence electrons. The number of pyridine rings is 2. The van der Waals surface area contributed by atoms with Gasteiger partial charge in [0.25, 0.3) is 5.91 Å². The summed E-state index contributed by atoms with van der Waals surface area (Å²) in [5, 5.41) is 0. The lowest BCUT2D eigenvalue weighted by Gasteiger charge is -2.23. The van der Waals surface area contributed by atoms with Crippen molar-refractivity contribution in [3.63, 3.8) is 0 Å². The highest BCUT2D eigenvalue weighted by molar-refractivity contribution is 5.94. The number of imidazole rings is 1. The van der Waals surface area contributed by atoms with Gasteiger partial charge in [-0.1, -0.05) is 49.4 Å². The second kappa shape index (κ2) is 8.91. The van der Waals surface area contributed by atoms with Crippen LogP contribution in [0, 0.1) is 6.92 Å². The first-order valence-corrected chi connectivity index (χ1v) is 10.4. The Morgan fingerprint density at radius 2 is 1.83 bits per heavy atom. The van der Waals surface area contributed by atoms with Crippen molar-refractivity contribution in [2.24, 2.45) is 0 Å². The van der Waals surface area contributed by atoms with Crippen LogP contribution in [0.25, 0.3) is 5.65 Å². The summed E-state index contributed by atoms with van der Waals surface area (Å²) < 4.78 is 1.94. The highest BCUT2D eigenvalue weighted by atomic mass is 16.2. The minimum atomic E-state index is 0.00438. The Morgan fingerprint density at radius 1 is 1.03 bits per heavy atom. The van der Waals surface area contributed by atoms with Crippen molar-refractivity contribution in [3.05, 3.63) is 101 Å². The second-order valence-electron chi connectivity index (χ2n) is 7.48. The topological polar surface area (TPSA) is 50.5 Å². The van der Waals surface area contributed by atoms with Crippen molar-refractivity contribution in [1.82, 2.24) is 19.3 Å². The van der Waals surface area contributed by atoms with Crippen LogP contribution in [-0.4, -0.2) is 31.7 Å². The van der Waals surface area contributed by atoms with E-state index in [4.69, 9.17) is 4.98 Å². The molecule has 0 bridgehead atoms. The lowest BCUT2D eigenvalue weighted by Crippen LogP contribution is -2.34. The number of nitrogens with zero attached hydrogens (tertiary/aromatic N) is 4. The molecule has 0 aliphatic carbocycles. The molecule has 3 heterocycles. The van der Waals surface area contributed by atoms with E-state index < -0.39 is 0 Å². The predicted molar refractivity (Wildman–Crippen MR) is 118 cm³/mol. The lowest BCUT2D eigenvalue weighted by atomic mass is 10.1. The summed E-state index contributed by atoms with van der Waals surface area (Å²) in [4.78, 5) is 24.8. The molecule has 4 aromatic rings. The molecular formula is C25H26N4O. The van der Waals surface area contributed by atoms with Crippen LogP contribution in [0.3, 0.4) is 0 Å². The molecule has 0 unspecified atom stereocenters. The first kappa shape index (κ1) is 19.8. The van der Waals surface area contributed by atoms with E-state index in [9.17, 15) is 4.79 Å². The van der Waals surface area contributed by atoms with Crippen LogP contribution in [0.15, 0.2) is 73.1 Å². The predicted octanol–water partition coefficient (Wildman–Crippen LogP) is 4.49. The fourth-order valence-corrected chi connectivity index (χ4v) is 3.67. The molecule has 0 saturated heterocycles. The summed E-state index contributed by atoms with van der Waals surface area (Å²) in [6.07, 6.45) is 5.20. The molecule has 0 aliphatic heterocycles. The van der Waals surface area contributed by atoms with E-state index in [2.05, 4.69) is 17.1 Å². The Hall–Kier alpha value is -3.47. The van der Waals surface area contributed by atoms with Crippen LogP contribution < -0.4 is 0 Å². The number of carbonyl (C=O) groups excluding carboxylic acids is 1. The number of benzene rings is 1. The maximum Gasteiger partial charge on any atom is 0.273 e. The summed E-state index contributed by atoms with van der Waals surface area (Å²) in [5.41, 5.74) is 5.49. The number of hydrogen-bond donors (Lipinski definition) is 0. The summed E-state index contributed by atoms with van der Waals surface area (Å²) in [6, 6.07) is 20.0. The smallest absolute Gasteiger partial charge is 0.273 e. The van der Waals surface area contributed by atoms with Crippen LogP contribution in [0.2, 0.25) is 0 Å². The van der Waals surface area contributed by atoms with Crippen LogP contribution in [0.1, 0.15) is 39.9 Å². The second-order valence-corrected chi connectivity index (χ2v) is 7.48. The summed E-state index contributed by atoms with van der Waals surface area (Å²) in [7, 11) is 0. The van der Waals surface area contributed by atoms with Gasteiger partial charge in [0.1, 0.15) is 11.3 Å². The van der Waals surface area contributed by atoms with Gasteiger partial charge in [0.2, 0.25) is 0 Å². The summed E-state index contributed by atoms with van der Waals surface area (Å²) in [5.74, 6) is 0.00438. The molecular weight excluding hydrogens is 372 g/mol. The van der Waals surface area contributed by atoms with E-state index in [1.807, 2.05) is 77.9 Å². The maximum atomic E-state index is 13.8. The van der Waals surface area contributed by atoms with Crippen LogP contribution >= 0.6 is 0 Å². The Balaban J connectivity index is 1.69. The Bertz CT molecular complexity index is 1140. The van der Waals surface area contributed by atoms with Crippen molar-refractivity contribution < 1.29 is 4.79 Å². The van der Waals surface area contributed by atoms with Gasteiger partial charge in [0, 0.05) is 37.6 Å². The summed E-state index contributed by atoms with van der Waals surface area (Å²) in [6.45, 7) is 5.21. The molecule has 1 aromatic carbocycles. The highest BCUT2D eigenvalue weighted by Gasteiger charge is 2.24. The van der Waals surface area contributed by atoms with Crippen molar-refractivity contribution in [2.45, 2.75) is 33.2 Å². The molecule has 0 saturated carbocycles. The van der Waals surface area contributed by atoms with Crippen molar-refractivity contribution in [3.8, 4) is 0 Å². The maximum absolute atomic E-state index is 13.8. The van der Waals surface area contributed by atoms with E-state index >= 15 is 0 Å². The average Bonchev–Trinajstić information content (AvgIpc) is 3.15. The summed E-state index contributed by atoms with van der Waals surface area (Å²) >= 11 is 0. The molecule has 0 N–H and O–H groups in total. The minimum Gasteiger partial charge on any atom is -0.333 e. The Morgan fingerprint density at radius 3 is 2.57 bits per heavy atom. The van der Waals surface area contributed by atoms with Gasteiger partial charge in [-0.3, -0.25) is 14.2 Å². The normalized spacial score (nSPS) is 11.0. The fraction of sp³-hybridized carbons (Fsp3) is 0.240. The monoisotopic (exact) mass is 398 g/mol. The van der Waals surface area contributed by atoms with Gasteiger partial charge in [0.05, 0.1) is 5.69 Å². The molecule has 0 atom stereocenters. The fourth-order valence-electron chi connectivity index (χ4n) is 3.67. The van der Waals surface area contributed by atoms with E-state index in [-0.39, 0.29) is 5.91 Å². The lowest BCUT2D eigenvalue weighted by molar-refractivity contribution is 0.0736. The third-order valence-corrected chi connectivity index (χ3v) is 5.24. The molecule has 0 spiro atoms. The van der Waals surface area contributed by atoms with Crippen molar-refractivity contribution in [1.29, 1.82) is 0 Å². The van der Waals surface area contributed by atoms with E-state index in [1.54, 1.807) is 6.20 Å². The third kappa shape index (κ3) is 4.25.